The predicted octanol–water partition coefficient (Wildman–Crippen LogP) is 2.83. The standard InChI is InChI=1S/C23H24N6O2/c1-15-26-22-21(29(15)14-18-3-2-12-31-18)19-13-17(4-5-20(19)27-28-22)23(30)25-11-8-16-6-9-24-10-7-16/h4-7,9-10,13,18H,2-3,8,11-12,14H2,1H3,(H,25,30). The van der Waals surface area contributed by atoms with Gasteiger partial charge < -0.3 is 14.6 Å². The van der Waals surface area contributed by atoms with Crippen LogP contribution >= 0.6 is 0 Å². The van der Waals surface area contributed by atoms with Gasteiger partial charge in [0, 0.05) is 36.5 Å². The van der Waals surface area contributed by atoms with Gasteiger partial charge in [0.25, 0.3) is 5.91 Å². The summed E-state index contributed by atoms with van der Waals surface area (Å²) in [6.45, 7) is 4.06. The number of hydrogen-bond donors (Lipinski definition) is 1. The summed E-state index contributed by atoms with van der Waals surface area (Å²) in [7, 11) is 0. The molecule has 1 aromatic carbocycles. The Kier molecular flexibility index (Phi) is 5.30. The van der Waals surface area contributed by atoms with Gasteiger partial charge in [0.05, 0.1) is 23.7 Å². The van der Waals surface area contributed by atoms with Gasteiger partial charge in [-0.05, 0) is 62.1 Å². The van der Waals surface area contributed by atoms with Crippen molar-refractivity contribution in [1.82, 2.24) is 30.0 Å². The van der Waals surface area contributed by atoms with E-state index < -0.39 is 0 Å². The maximum Gasteiger partial charge on any atom is 0.251 e. The van der Waals surface area contributed by atoms with Crippen molar-refractivity contribution in [3.63, 3.8) is 0 Å². The zero-order chi connectivity index (χ0) is 21.2. The molecule has 3 aromatic heterocycles. The molecule has 1 unspecified atom stereocenters. The van der Waals surface area contributed by atoms with E-state index in [4.69, 9.17) is 4.74 Å². The minimum atomic E-state index is -0.108. The van der Waals surface area contributed by atoms with Crippen LogP contribution in [0.25, 0.3) is 22.1 Å². The fourth-order valence-electron chi connectivity index (χ4n) is 4.13. The van der Waals surface area contributed by atoms with Crippen LogP contribution < -0.4 is 5.32 Å². The van der Waals surface area contributed by atoms with Gasteiger partial charge in [-0.2, -0.15) is 0 Å². The average molecular weight is 416 g/mol. The number of amides is 1. The first-order valence-corrected chi connectivity index (χ1v) is 10.6. The van der Waals surface area contributed by atoms with Gasteiger partial charge in [-0.1, -0.05) is 0 Å². The lowest BCUT2D eigenvalue weighted by atomic mass is 10.1. The molecule has 0 bridgehead atoms. The van der Waals surface area contributed by atoms with Crippen LogP contribution in [0.4, 0.5) is 0 Å². The third kappa shape index (κ3) is 3.98. The highest BCUT2D eigenvalue weighted by Gasteiger charge is 2.21. The van der Waals surface area contributed by atoms with E-state index in [2.05, 4.69) is 30.0 Å². The Morgan fingerprint density at radius 1 is 1.23 bits per heavy atom. The van der Waals surface area contributed by atoms with Crippen molar-refractivity contribution < 1.29 is 9.53 Å². The SMILES string of the molecule is Cc1nc2nnc3ccc(C(=O)NCCc4ccncc4)cc3c2n1CC1CCCO1. The number of carbonyl (C=O) groups excluding carboxylic acids is 1. The fourth-order valence-corrected chi connectivity index (χ4v) is 4.13. The Morgan fingerprint density at radius 3 is 2.90 bits per heavy atom. The molecular weight excluding hydrogens is 392 g/mol. The highest BCUT2D eigenvalue weighted by atomic mass is 16.5. The lowest BCUT2D eigenvalue weighted by Gasteiger charge is -2.13. The molecule has 4 aromatic rings. The number of hydrogen-bond acceptors (Lipinski definition) is 6. The maximum atomic E-state index is 12.8. The number of pyridine rings is 1. The number of benzene rings is 1. The smallest absolute Gasteiger partial charge is 0.251 e. The Bertz CT molecular complexity index is 1230. The summed E-state index contributed by atoms with van der Waals surface area (Å²) in [4.78, 5) is 21.4. The summed E-state index contributed by atoms with van der Waals surface area (Å²) in [6.07, 6.45) is 6.58. The zero-order valence-corrected chi connectivity index (χ0v) is 17.4. The molecule has 0 aliphatic carbocycles. The van der Waals surface area contributed by atoms with E-state index in [-0.39, 0.29) is 12.0 Å². The lowest BCUT2D eigenvalue weighted by Crippen LogP contribution is -2.25. The van der Waals surface area contributed by atoms with E-state index in [1.165, 1.54) is 0 Å². The van der Waals surface area contributed by atoms with Crippen LogP contribution in [-0.2, 0) is 17.7 Å². The first kappa shape index (κ1) is 19.6. The second kappa shape index (κ2) is 8.39. The van der Waals surface area contributed by atoms with Crippen LogP contribution in [0.1, 0.15) is 34.6 Å². The monoisotopic (exact) mass is 416 g/mol. The molecule has 0 spiro atoms. The predicted molar refractivity (Wildman–Crippen MR) is 117 cm³/mol. The number of fused-ring (bicyclic) bond motifs is 3. The maximum absolute atomic E-state index is 12.8. The number of imidazole rings is 1. The van der Waals surface area contributed by atoms with E-state index in [9.17, 15) is 4.79 Å². The molecule has 4 heterocycles. The molecule has 1 fully saturated rings. The topological polar surface area (TPSA) is 94.8 Å². The van der Waals surface area contributed by atoms with Gasteiger partial charge in [-0.15, -0.1) is 10.2 Å². The second-order valence-electron chi connectivity index (χ2n) is 7.87. The highest BCUT2D eigenvalue weighted by Crippen LogP contribution is 2.26. The third-order valence-electron chi connectivity index (χ3n) is 5.77. The summed E-state index contributed by atoms with van der Waals surface area (Å²) >= 11 is 0. The molecule has 8 heteroatoms. The van der Waals surface area contributed by atoms with Gasteiger partial charge in [-0.3, -0.25) is 9.78 Å². The molecule has 1 N–H and O–H groups in total. The van der Waals surface area contributed by atoms with Gasteiger partial charge in [0.1, 0.15) is 5.82 Å². The minimum Gasteiger partial charge on any atom is -0.376 e. The number of nitrogens with one attached hydrogen (secondary N) is 1. The molecule has 1 aliphatic rings. The first-order valence-electron chi connectivity index (χ1n) is 10.6. The molecule has 0 radical (unpaired) electrons. The highest BCUT2D eigenvalue weighted by molar-refractivity contribution is 6.05. The Labute approximate surface area is 179 Å². The van der Waals surface area contributed by atoms with Crippen molar-refractivity contribution in [2.24, 2.45) is 0 Å². The summed E-state index contributed by atoms with van der Waals surface area (Å²) in [5.41, 5.74) is 3.98. The molecule has 1 atom stereocenters. The third-order valence-corrected chi connectivity index (χ3v) is 5.77. The Morgan fingerprint density at radius 2 is 2.10 bits per heavy atom. The molecule has 1 amide bonds. The van der Waals surface area contributed by atoms with Crippen molar-refractivity contribution in [2.75, 3.05) is 13.2 Å². The molecule has 31 heavy (non-hydrogen) atoms. The molecule has 1 aliphatic heterocycles. The van der Waals surface area contributed by atoms with Crippen LogP contribution in [0, 0.1) is 6.92 Å². The van der Waals surface area contributed by atoms with Crippen LogP contribution in [0.15, 0.2) is 42.7 Å². The van der Waals surface area contributed by atoms with Crippen LogP contribution in [0.5, 0.6) is 0 Å². The fraction of sp³-hybridized carbons (Fsp3) is 0.348. The van der Waals surface area contributed by atoms with Crippen molar-refractivity contribution >= 4 is 28.0 Å². The number of rotatable bonds is 6. The van der Waals surface area contributed by atoms with E-state index in [1.54, 1.807) is 18.5 Å². The second-order valence-corrected chi connectivity index (χ2v) is 7.87. The quantitative estimate of drug-likeness (QED) is 0.519. The number of carbonyl (C=O) groups is 1. The molecule has 1 saturated heterocycles. The van der Waals surface area contributed by atoms with Crippen molar-refractivity contribution in [3.8, 4) is 0 Å². The summed E-state index contributed by atoms with van der Waals surface area (Å²) < 4.78 is 7.98. The van der Waals surface area contributed by atoms with Crippen LogP contribution in [0.3, 0.4) is 0 Å². The van der Waals surface area contributed by atoms with Crippen molar-refractivity contribution in [1.29, 1.82) is 0 Å². The Balaban J connectivity index is 1.43. The lowest BCUT2D eigenvalue weighted by molar-refractivity contribution is 0.0953. The van der Waals surface area contributed by atoms with E-state index in [0.29, 0.717) is 17.8 Å². The minimum absolute atomic E-state index is 0.108. The van der Waals surface area contributed by atoms with Crippen LogP contribution in [-0.4, -0.2) is 49.9 Å². The van der Waals surface area contributed by atoms with E-state index in [0.717, 1.165) is 60.2 Å². The number of nitrogens with zero attached hydrogens (tertiary/aromatic N) is 5. The van der Waals surface area contributed by atoms with Gasteiger partial charge in [-0.25, -0.2) is 4.98 Å². The summed E-state index contributed by atoms with van der Waals surface area (Å²) in [5.74, 6) is 0.766. The molecule has 158 valence electrons. The summed E-state index contributed by atoms with van der Waals surface area (Å²) in [5, 5.41) is 12.5. The molecular formula is C23H24N6O2. The largest absolute Gasteiger partial charge is 0.376 e. The Hall–Kier alpha value is -3.39. The van der Waals surface area contributed by atoms with Crippen molar-refractivity contribution in [2.45, 2.75) is 38.8 Å². The van der Waals surface area contributed by atoms with Gasteiger partial charge in [0.2, 0.25) is 5.65 Å². The normalized spacial score (nSPS) is 16.2. The number of aryl methyl sites for hydroxylation is 1. The summed E-state index contributed by atoms with van der Waals surface area (Å²) in [6, 6.07) is 9.43. The molecule has 0 saturated carbocycles. The van der Waals surface area contributed by atoms with Gasteiger partial charge >= 0.3 is 0 Å². The van der Waals surface area contributed by atoms with Crippen LogP contribution in [0.2, 0.25) is 0 Å². The van der Waals surface area contributed by atoms with Gasteiger partial charge in [0.15, 0.2) is 0 Å². The zero-order valence-electron chi connectivity index (χ0n) is 17.4. The van der Waals surface area contributed by atoms with E-state index >= 15 is 0 Å². The average Bonchev–Trinajstić information content (AvgIpc) is 3.42. The number of ether oxygens (including phenoxy) is 1. The van der Waals surface area contributed by atoms with Crippen molar-refractivity contribution in [3.05, 3.63) is 59.7 Å². The molecule has 5 rings (SSSR count). The number of aromatic nitrogens is 5. The van der Waals surface area contributed by atoms with E-state index in [1.807, 2.05) is 31.2 Å². The molecule has 8 nitrogen and oxygen atoms in total. The first-order chi connectivity index (χ1) is 15.2.